The number of hydrogen-bond acceptors (Lipinski definition) is 13. The van der Waals surface area contributed by atoms with Crippen LogP contribution in [-0.4, -0.2) is 66.1 Å². The number of nitriles is 1. The lowest BCUT2D eigenvalue weighted by molar-refractivity contribution is -0.144. The number of esters is 2. The van der Waals surface area contributed by atoms with Gasteiger partial charge in [-0.05, 0) is 72.5 Å². The van der Waals surface area contributed by atoms with E-state index in [2.05, 4.69) is 30.1 Å². The lowest BCUT2D eigenvalue weighted by Crippen LogP contribution is -2.44. The fourth-order valence-electron chi connectivity index (χ4n) is 5.77. The first kappa shape index (κ1) is 41.2. The number of hydrogen-bond donors (Lipinski definition) is 4. The van der Waals surface area contributed by atoms with Crippen molar-refractivity contribution in [2.45, 2.75) is 49.6 Å². The molecule has 18 heteroatoms. The Morgan fingerprint density at radius 1 is 0.696 bits per heavy atom. The third kappa shape index (κ3) is 8.45. The van der Waals surface area contributed by atoms with Gasteiger partial charge in [0.25, 0.3) is 0 Å². The molecule has 6 rings (SSSR count). The van der Waals surface area contributed by atoms with Gasteiger partial charge in [0.2, 0.25) is 20.0 Å². The van der Waals surface area contributed by atoms with Crippen LogP contribution in [0.2, 0.25) is 0 Å². The summed E-state index contributed by atoms with van der Waals surface area (Å²) in [5.74, 6) is -1.95. The Morgan fingerprint density at radius 3 is 1.55 bits per heavy atom. The number of amidine groups is 1. The van der Waals surface area contributed by atoms with Crippen molar-refractivity contribution < 1.29 is 49.9 Å². The van der Waals surface area contributed by atoms with Gasteiger partial charge in [-0.3, -0.25) is 9.59 Å². The molecule has 5 N–H and O–H groups in total. The van der Waals surface area contributed by atoms with Crippen molar-refractivity contribution in [2.75, 3.05) is 14.2 Å². The van der Waals surface area contributed by atoms with Crippen molar-refractivity contribution >= 4 is 81.7 Å². The lowest BCUT2D eigenvalue weighted by Gasteiger charge is -2.19. The Labute approximate surface area is 321 Å². The quantitative estimate of drug-likeness (QED) is 0.0438. The van der Waals surface area contributed by atoms with E-state index in [-0.39, 0.29) is 27.5 Å². The molecule has 0 radical (unpaired) electrons. The molecule has 0 saturated carbocycles. The van der Waals surface area contributed by atoms with E-state index in [1.165, 1.54) is 38.5 Å². The molecule has 0 aliphatic carbocycles. The highest BCUT2D eigenvalue weighted by Gasteiger charge is 2.31. The fourth-order valence-corrected chi connectivity index (χ4v) is 8.47. The molecule has 0 spiro atoms. The first-order valence-electron chi connectivity index (χ1n) is 17.0. The van der Waals surface area contributed by atoms with Gasteiger partial charge < -0.3 is 29.2 Å². The van der Waals surface area contributed by atoms with E-state index in [4.69, 9.17) is 25.0 Å². The summed E-state index contributed by atoms with van der Waals surface area (Å²) in [6, 6.07) is 18.9. The normalized spacial score (nSPS) is 13.4. The van der Waals surface area contributed by atoms with Gasteiger partial charge >= 0.3 is 11.9 Å². The standard InChI is InChI=1S/C19H21N3O6S.C19H18N2O5S/c1-10(2)17(19(23)27-3)22-29(25,26)12-5-6-13-14-8-11(18(20)21-24)4-7-15(14)28-16(13)9-12;1-11(2)18(19(22)25-3)21-27(23,24)13-5-6-14-15-8-12(10-20)4-7-16(15)26-17(14)9-13/h4-10,17,22,24H,1-3H3,(H2,20,21);4-9,11,18,21H,1-3H3/t17-;18-/m00/s1. The summed E-state index contributed by atoms with van der Waals surface area (Å²) in [6.45, 7) is 6.87. The second kappa shape index (κ2) is 16.4. The van der Waals surface area contributed by atoms with Crippen molar-refractivity contribution in [3.63, 3.8) is 0 Å². The van der Waals surface area contributed by atoms with Gasteiger partial charge in [0, 0.05) is 39.2 Å². The molecule has 0 unspecified atom stereocenters. The summed E-state index contributed by atoms with van der Waals surface area (Å²) in [5.41, 5.74) is 8.42. The van der Waals surface area contributed by atoms with Crippen LogP contribution in [0.25, 0.3) is 43.9 Å². The molecule has 0 saturated heterocycles. The van der Waals surface area contributed by atoms with Crippen molar-refractivity contribution in [1.29, 1.82) is 5.26 Å². The molecule has 0 amide bonds. The molecule has 16 nitrogen and oxygen atoms in total. The van der Waals surface area contributed by atoms with E-state index in [1.807, 2.05) is 0 Å². The van der Waals surface area contributed by atoms with Gasteiger partial charge in [0.1, 0.15) is 34.4 Å². The molecule has 6 aromatic rings. The Hall–Kier alpha value is -6.00. The van der Waals surface area contributed by atoms with E-state index in [0.29, 0.717) is 49.6 Å². The molecule has 0 aliphatic heterocycles. The lowest BCUT2D eigenvalue weighted by atomic mass is 10.1. The Morgan fingerprint density at radius 2 is 1.14 bits per heavy atom. The van der Waals surface area contributed by atoms with Crippen LogP contribution < -0.4 is 15.2 Å². The third-order valence-corrected chi connectivity index (χ3v) is 11.7. The molecule has 4 aromatic carbocycles. The van der Waals surface area contributed by atoms with E-state index in [1.54, 1.807) is 76.2 Å². The van der Waals surface area contributed by atoms with Gasteiger partial charge in [0.15, 0.2) is 5.84 Å². The number of carbonyl (C=O) groups excluding carboxylic acids is 2. The van der Waals surface area contributed by atoms with Gasteiger partial charge in [-0.15, -0.1) is 0 Å². The van der Waals surface area contributed by atoms with Crippen molar-refractivity contribution in [2.24, 2.45) is 22.7 Å². The minimum atomic E-state index is -4.00. The number of fused-ring (bicyclic) bond motifs is 6. The summed E-state index contributed by atoms with van der Waals surface area (Å²) in [6.07, 6.45) is 0. The number of nitrogens with zero attached hydrogens (tertiary/aromatic N) is 2. The summed E-state index contributed by atoms with van der Waals surface area (Å²) >= 11 is 0. The van der Waals surface area contributed by atoms with Gasteiger partial charge in [0.05, 0.1) is 35.6 Å². The number of nitrogens with one attached hydrogen (secondary N) is 2. The third-order valence-electron chi connectivity index (χ3n) is 8.85. The average molecular weight is 806 g/mol. The molecule has 0 bridgehead atoms. The summed E-state index contributed by atoms with van der Waals surface area (Å²) in [7, 11) is -5.55. The number of oxime groups is 1. The highest BCUT2D eigenvalue weighted by molar-refractivity contribution is 7.89. The molecule has 2 atom stereocenters. The minimum absolute atomic E-state index is 0.0240. The van der Waals surface area contributed by atoms with Crippen molar-refractivity contribution in [3.8, 4) is 6.07 Å². The van der Waals surface area contributed by atoms with E-state index in [0.717, 1.165) is 5.39 Å². The van der Waals surface area contributed by atoms with E-state index >= 15 is 0 Å². The van der Waals surface area contributed by atoms with Gasteiger partial charge in [-0.25, -0.2) is 16.8 Å². The zero-order valence-corrected chi connectivity index (χ0v) is 32.7. The van der Waals surface area contributed by atoms with Crippen LogP contribution in [0, 0.1) is 23.2 Å². The molecule has 2 heterocycles. The van der Waals surface area contributed by atoms with Crippen LogP contribution in [0.1, 0.15) is 38.8 Å². The number of rotatable bonds is 11. The maximum Gasteiger partial charge on any atom is 0.324 e. The smallest absolute Gasteiger partial charge is 0.324 e. The Bertz CT molecular complexity index is 2760. The van der Waals surface area contributed by atoms with E-state index in [9.17, 15) is 26.4 Å². The number of carbonyl (C=O) groups is 2. The number of nitrogens with two attached hydrogens (primary N) is 1. The molecule has 2 aromatic heterocycles. The first-order chi connectivity index (χ1) is 26.4. The summed E-state index contributed by atoms with van der Waals surface area (Å²) in [5, 5.41) is 23.7. The van der Waals surface area contributed by atoms with Crippen LogP contribution in [0.3, 0.4) is 0 Å². The zero-order valence-electron chi connectivity index (χ0n) is 31.1. The van der Waals surface area contributed by atoms with Crippen LogP contribution in [0.4, 0.5) is 0 Å². The predicted molar refractivity (Wildman–Crippen MR) is 207 cm³/mol. The number of ether oxygens (including phenoxy) is 2. The number of sulfonamides is 2. The monoisotopic (exact) mass is 805 g/mol. The van der Waals surface area contributed by atoms with E-state index < -0.39 is 44.1 Å². The number of furan rings is 2. The second-order valence-corrected chi connectivity index (χ2v) is 16.7. The number of methoxy groups -OCH3 is 2. The second-order valence-electron chi connectivity index (χ2n) is 13.3. The molecule has 294 valence electrons. The van der Waals surface area contributed by atoms with Crippen LogP contribution in [0.5, 0.6) is 0 Å². The summed E-state index contributed by atoms with van der Waals surface area (Å²) in [4.78, 5) is 23.7. The van der Waals surface area contributed by atoms with Crippen LogP contribution >= 0.6 is 0 Å². The SMILES string of the molecule is COC(=O)[C@@H](NS(=O)(=O)c1ccc2c(c1)oc1ccc(C#N)cc12)C(C)C.COC(=O)[C@@H](NS(=O)(=O)c1ccc2c(c1)oc1ccc(C(N)=NO)cc12)C(C)C. The topological polar surface area (TPSA) is 254 Å². The highest BCUT2D eigenvalue weighted by Crippen LogP contribution is 2.33. The first-order valence-corrected chi connectivity index (χ1v) is 19.9. The molecular weight excluding hydrogens is 767 g/mol. The molecular formula is C38H39N5O11S2. The van der Waals surface area contributed by atoms with Gasteiger partial charge in [-0.2, -0.15) is 14.7 Å². The van der Waals surface area contributed by atoms with Crippen LogP contribution in [0.15, 0.2) is 96.6 Å². The predicted octanol–water partition coefficient (Wildman–Crippen LogP) is 5.09. The molecule has 56 heavy (non-hydrogen) atoms. The fraction of sp³-hybridized carbons (Fsp3) is 0.263. The van der Waals surface area contributed by atoms with Crippen molar-refractivity contribution in [1.82, 2.24) is 9.44 Å². The van der Waals surface area contributed by atoms with Crippen molar-refractivity contribution in [3.05, 3.63) is 83.9 Å². The maximum absolute atomic E-state index is 12.8. The largest absolute Gasteiger partial charge is 0.468 e. The van der Waals surface area contributed by atoms with Gasteiger partial charge in [-0.1, -0.05) is 32.9 Å². The zero-order chi connectivity index (χ0) is 41.1. The highest BCUT2D eigenvalue weighted by atomic mass is 32.2. The Kier molecular flexibility index (Phi) is 12.0. The average Bonchev–Trinajstić information content (AvgIpc) is 3.74. The molecule has 0 aliphatic rings. The molecule has 0 fully saturated rings. The Balaban J connectivity index is 0.000000215. The maximum atomic E-state index is 12.8. The number of benzene rings is 4. The van der Waals surface area contributed by atoms with Crippen LogP contribution in [-0.2, 0) is 39.1 Å². The summed E-state index contributed by atoms with van der Waals surface area (Å²) < 4.78 is 76.6. The minimum Gasteiger partial charge on any atom is -0.468 e.